The van der Waals surface area contributed by atoms with E-state index >= 15 is 0 Å². The molecule has 2 aromatic rings. The van der Waals surface area contributed by atoms with Crippen LogP contribution in [0.5, 0.6) is 0 Å². The van der Waals surface area contributed by atoms with Crippen molar-refractivity contribution in [2.75, 3.05) is 5.32 Å². The average molecular weight is 283 g/mol. The topological polar surface area (TPSA) is 29.9 Å². The van der Waals surface area contributed by atoms with E-state index in [1.807, 2.05) is 0 Å². The van der Waals surface area contributed by atoms with Crippen LogP contribution in [0.15, 0.2) is 30.3 Å². The Balaban J connectivity index is 1.91. The van der Waals surface area contributed by atoms with Crippen LogP contribution < -0.4 is 5.32 Å². The minimum absolute atomic E-state index is 0.398. The van der Waals surface area contributed by atoms with Crippen molar-refractivity contribution in [3.8, 4) is 0 Å². The van der Waals surface area contributed by atoms with Gasteiger partial charge in [-0.25, -0.2) is 0 Å². The van der Waals surface area contributed by atoms with Crippen molar-refractivity contribution in [3.63, 3.8) is 0 Å². The van der Waals surface area contributed by atoms with Crippen molar-refractivity contribution in [1.29, 1.82) is 0 Å². The molecule has 0 spiro atoms. The Labute approximate surface area is 127 Å². The van der Waals surface area contributed by atoms with E-state index in [9.17, 15) is 0 Å². The zero-order valence-electron chi connectivity index (χ0n) is 13.4. The van der Waals surface area contributed by atoms with Crippen molar-refractivity contribution >= 4 is 5.69 Å². The molecule has 0 saturated heterocycles. The smallest absolute Gasteiger partial charge is 0.0828 e. The lowest BCUT2D eigenvalue weighted by atomic mass is 10.0. The third-order valence-electron chi connectivity index (χ3n) is 4.37. The van der Waals surface area contributed by atoms with Crippen LogP contribution in [-0.2, 0) is 0 Å². The van der Waals surface area contributed by atoms with Crippen molar-refractivity contribution in [1.82, 2.24) is 9.78 Å². The van der Waals surface area contributed by atoms with E-state index in [1.165, 1.54) is 29.8 Å². The fraction of sp³-hybridized carbons (Fsp3) is 0.500. The fourth-order valence-corrected chi connectivity index (χ4v) is 3.09. The van der Waals surface area contributed by atoms with Gasteiger partial charge in [0.25, 0.3) is 0 Å². The predicted octanol–water partition coefficient (Wildman–Crippen LogP) is 4.64. The van der Waals surface area contributed by atoms with Crippen LogP contribution in [0, 0.1) is 19.8 Å². The minimum Gasteiger partial charge on any atom is -0.375 e. The van der Waals surface area contributed by atoms with Gasteiger partial charge in [-0.05, 0) is 52.0 Å². The van der Waals surface area contributed by atoms with E-state index in [-0.39, 0.29) is 0 Å². The summed E-state index contributed by atoms with van der Waals surface area (Å²) in [5.41, 5.74) is 4.94. The Hall–Kier alpha value is -1.77. The number of nitrogens with zero attached hydrogens (tertiary/aromatic N) is 2. The van der Waals surface area contributed by atoms with Gasteiger partial charge in [-0.15, -0.1) is 0 Å². The maximum absolute atomic E-state index is 4.69. The summed E-state index contributed by atoms with van der Waals surface area (Å²) in [7, 11) is 0. The van der Waals surface area contributed by atoms with Crippen molar-refractivity contribution in [2.24, 2.45) is 5.92 Å². The summed E-state index contributed by atoms with van der Waals surface area (Å²) in [4.78, 5) is 0. The summed E-state index contributed by atoms with van der Waals surface area (Å²) in [6, 6.07) is 11.6. The first-order valence-electron chi connectivity index (χ1n) is 7.95. The molecule has 1 unspecified atom stereocenters. The molecule has 3 rings (SSSR count). The van der Waals surface area contributed by atoms with E-state index in [1.54, 1.807) is 0 Å². The Morgan fingerprint density at radius 1 is 1.14 bits per heavy atom. The van der Waals surface area contributed by atoms with Gasteiger partial charge in [-0.1, -0.05) is 30.3 Å². The van der Waals surface area contributed by atoms with Crippen LogP contribution in [0.25, 0.3) is 0 Å². The van der Waals surface area contributed by atoms with Crippen molar-refractivity contribution < 1.29 is 0 Å². The summed E-state index contributed by atoms with van der Waals surface area (Å²) in [6.45, 7) is 8.62. The first-order chi connectivity index (χ1) is 10.1. The second kappa shape index (κ2) is 5.55. The molecule has 21 heavy (non-hydrogen) atoms. The van der Waals surface area contributed by atoms with Gasteiger partial charge in [0, 0.05) is 6.04 Å². The molecule has 1 aromatic heterocycles. The standard InChI is InChI=1S/C18H25N3/c1-12(2)21-14(4)17(13(3)20-21)19-18(16-10-11-16)15-8-6-5-7-9-15/h5-9,12,16,18-19H,10-11H2,1-4H3. The fourth-order valence-electron chi connectivity index (χ4n) is 3.09. The zero-order valence-corrected chi connectivity index (χ0v) is 13.4. The highest BCUT2D eigenvalue weighted by molar-refractivity contribution is 5.54. The molecule has 1 aliphatic rings. The van der Waals surface area contributed by atoms with Gasteiger partial charge >= 0.3 is 0 Å². The van der Waals surface area contributed by atoms with Gasteiger partial charge in [-0.3, -0.25) is 4.68 Å². The number of benzene rings is 1. The Morgan fingerprint density at radius 2 is 1.81 bits per heavy atom. The first kappa shape index (κ1) is 14.2. The van der Waals surface area contributed by atoms with Crippen LogP contribution in [0.4, 0.5) is 5.69 Å². The molecule has 0 bridgehead atoms. The number of hydrogen-bond donors (Lipinski definition) is 1. The van der Waals surface area contributed by atoms with Crippen LogP contribution in [-0.4, -0.2) is 9.78 Å². The number of aromatic nitrogens is 2. The quantitative estimate of drug-likeness (QED) is 0.866. The lowest BCUT2D eigenvalue weighted by molar-refractivity contribution is 0.516. The highest BCUT2D eigenvalue weighted by Crippen LogP contribution is 2.43. The molecule has 1 heterocycles. The molecule has 1 aliphatic carbocycles. The Morgan fingerprint density at radius 3 is 2.33 bits per heavy atom. The Bertz CT molecular complexity index is 609. The van der Waals surface area contributed by atoms with Crippen molar-refractivity contribution in [3.05, 3.63) is 47.3 Å². The van der Waals surface area contributed by atoms with Crippen LogP contribution in [0.3, 0.4) is 0 Å². The Kier molecular flexibility index (Phi) is 3.75. The van der Waals surface area contributed by atoms with Gasteiger partial charge in [0.1, 0.15) is 0 Å². The van der Waals surface area contributed by atoms with E-state index in [0.717, 1.165) is 11.6 Å². The second-order valence-corrected chi connectivity index (χ2v) is 6.45. The maximum atomic E-state index is 4.69. The molecule has 3 heteroatoms. The summed E-state index contributed by atoms with van der Waals surface area (Å²) >= 11 is 0. The van der Waals surface area contributed by atoms with E-state index in [2.05, 4.69) is 68.0 Å². The number of anilines is 1. The van der Waals surface area contributed by atoms with Gasteiger partial charge in [0.15, 0.2) is 0 Å². The average Bonchev–Trinajstić information content (AvgIpc) is 3.26. The van der Waals surface area contributed by atoms with Gasteiger partial charge in [0.05, 0.1) is 23.1 Å². The maximum Gasteiger partial charge on any atom is 0.0828 e. The monoisotopic (exact) mass is 283 g/mol. The van der Waals surface area contributed by atoms with Crippen molar-refractivity contribution in [2.45, 2.75) is 52.6 Å². The molecule has 0 radical (unpaired) electrons. The van der Waals surface area contributed by atoms with Gasteiger partial charge in [0.2, 0.25) is 0 Å². The SMILES string of the molecule is Cc1nn(C(C)C)c(C)c1NC(c1ccccc1)C1CC1. The number of aryl methyl sites for hydroxylation is 1. The van der Waals surface area contributed by atoms with E-state index < -0.39 is 0 Å². The molecule has 1 fully saturated rings. The minimum atomic E-state index is 0.398. The van der Waals surface area contributed by atoms with Crippen LogP contribution in [0.2, 0.25) is 0 Å². The summed E-state index contributed by atoms with van der Waals surface area (Å²) in [5.74, 6) is 0.758. The number of hydrogen-bond acceptors (Lipinski definition) is 2. The molecule has 1 N–H and O–H groups in total. The third kappa shape index (κ3) is 2.82. The lowest BCUT2D eigenvalue weighted by Crippen LogP contribution is -2.14. The highest BCUT2D eigenvalue weighted by Gasteiger charge is 2.33. The molecule has 112 valence electrons. The van der Waals surface area contributed by atoms with Gasteiger partial charge in [-0.2, -0.15) is 5.10 Å². The molecule has 0 aliphatic heterocycles. The highest BCUT2D eigenvalue weighted by atomic mass is 15.3. The van der Waals surface area contributed by atoms with E-state index in [4.69, 9.17) is 5.10 Å². The molecular weight excluding hydrogens is 258 g/mol. The normalized spacial score (nSPS) is 16.2. The summed E-state index contributed by atoms with van der Waals surface area (Å²) < 4.78 is 2.12. The third-order valence-corrected chi connectivity index (χ3v) is 4.37. The number of nitrogens with one attached hydrogen (secondary N) is 1. The summed E-state index contributed by atoms with van der Waals surface area (Å²) in [6.07, 6.45) is 2.64. The van der Waals surface area contributed by atoms with Crippen LogP contribution in [0.1, 0.15) is 55.7 Å². The second-order valence-electron chi connectivity index (χ2n) is 6.45. The molecule has 1 aromatic carbocycles. The first-order valence-corrected chi connectivity index (χ1v) is 7.95. The van der Waals surface area contributed by atoms with E-state index in [0.29, 0.717) is 12.1 Å². The summed E-state index contributed by atoms with van der Waals surface area (Å²) in [5, 5.41) is 8.48. The molecule has 1 saturated carbocycles. The number of rotatable bonds is 5. The van der Waals surface area contributed by atoms with Gasteiger partial charge < -0.3 is 5.32 Å². The predicted molar refractivity (Wildman–Crippen MR) is 87.6 cm³/mol. The largest absolute Gasteiger partial charge is 0.375 e. The molecule has 1 atom stereocenters. The van der Waals surface area contributed by atoms with Crippen LogP contribution >= 0.6 is 0 Å². The lowest BCUT2D eigenvalue weighted by Gasteiger charge is -2.20. The molecule has 0 amide bonds. The molecule has 3 nitrogen and oxygen atoms in total. The molecular formula is C18H25N3. The zero-order chi connectivity index (χ0) is 15.0.